The van der Waals surface area contributed by atoms with Gasteiger partial charge in [-0.1, -0.05) is 30.3 Å². The van der Waals surface area contributed by atoms with Gasteiger partial charge in [0.2, 0.25) is 5.91 Å². The second kappa shape index (κ2) is 8.72. The molecule has 2 heterocycles. The summed E-state index contributed by atoms with van der Waals surface area (Å²) < 4.78 is 0. The molecule has 29 heavy (non-hydrogen) atoms. The summed E-state index contributed by atoms with van der Waals surface area (Å²) in [6.07, 6.45) is 1.46. The van der Waals surface area contributed by atoms with Gasteiger partial charge in [-0.05, 0) is 60.2 Å². The highest BCUT2D eigenvalue weighted by Gasteiger charge is 2.29. The van der Waals surface area contributed by atoms with E-state index >= 15 is 0 Å². The monoisotopic (exact) mass is 404 g/mol. The highest BCUT2D eigenvalue weighted by Crippen LogP contribution is 2.37. The third-order valence-electron chi connectivity index (χ3n) is 5.38. The van der Waals surface area contributed by atoms with Gasteiger partial charge in [-0.3, -0.25) is 14.5 Å². The van der Waals surface area contributed by atoms with E-state index in [2.05, 4.69) is 45.9 Å². The number of Topliss-reactive ketones (excluding diaryl/α,β-unsaturated/α-hetero) is 1. The Balaban J connectivity index is 1.43. The molecule has 0 saturated heterocycles. The molecule has 1 amide bonds. The Morgan fingerprint density at radius 1 is 1.07 bits per heavy atom. The third-order valence-corrected chi connectivity index (χ3v) is 6.38. The van der Waals surface area contributed by atoms with Crippen molar-refractivity contribution in [1.29, 1.82) is 0 Å². The maximum Gasteiger partial charge on any atom is 0.225 e. The first-order valence-corrected chi connectivity index (χ1v) is 10.8. The number of carbonyl (C=O) groups excluding carboxylic acids is 2. The minimum Gasteiger partial charge on any atom is -0.326 e. The van der Waals surface area contributed by atoms with Crippen LogP contribution in [0.2, 0.25) is 0 Å². The summed E-state index contributed by atoms with van der Waals surface area (Å²) in [7, 11) is 0. The summed E-state index contributed by atoms with van der Waals surface area (Å²) in [5.41, 5.74) is 4.01. The van der Waals surface area contributed by atoms with Crippen molar-refractivity contribution in [1.82, 2.24) is 4.90 Å². The van der Waals surface area contributed by atoms with E-state index in [1.54, 1.807) is 24.3 Å². The molecule has 0 spiro atoms. The Hall–Kier alpha value is -2.76. The molecule has 148 valence electrons. The molecule has 1 aromatic heterocycles. The normalized spacial score (nSPS) is 16.2. The molecule has 0 bridgehead atoms. The number of rotatable bonds is 6. The topological polar surface area (TPSA) is 49.4 Å². The van der Waals surface area contributed by atoms with Gasteiger partial charge in [-0.15, -0.1) is 11.3 Å². The number of carbonyl (C=O) groups is 2. The molecule has 1 aliphatic rings. The lowest BCUT2D eigenvalue weighted by molar-refractivity contribution is -0.116. The van der Waals surface area contributed by atoms with Crippen LogP contribution in [0.3, 0.4) is 0 Å². The molecule has 1 unspecified atom stereocenters. The quantitative estimate of drug-likeness (QED) is 0.593. The summed E-state index contributed by atoms with van der Waals surface area (Å²) in [5, 5.41) is 5.11. The lowest BCUT2D eigenvalue weighted by Gasteiger charge is -2.36. The molecule has 3 aromatic rings. The largest absolute Gasteiger partial charge is 0.326 e. The van der Waals surface area contributed by atoms with Crippen molar-refractivity contribution in [3.63, 3.8) is 0 Å². The summed E-state index contributed by atoms with van der Waals surface area (Å²) in [4.78, 5) is 27.7. The minimum absolute atomic E-state index is 0.0106. The van der Waals surface area contributed by atoms with E-state index in [1.165, 1.54) is 22.9 Å². The second-order valence-electron chi connectivity index (χ2n) is 7.33. The predicted octanol–water partition coefficient (Wildman–Crippen LogP) is 4.93. The van der Waals surface area contributed by atoms with E-state index < -0.39 is 0 Å². The smallest absolute Gasteiger partial charge is 0.225 e. The van der Waals surface area contributed by atoms with Gasteiger partial charge in [-0.25, -0.2) is 0 Å². The fourth-order valence-corrected chi connectivity index (χ4v) is 4.80. The lowest BCUT2D eigenvalue weighted by atomic mass is 9.93. The van der Waals surface area contributed by atoms with Crippen molar-refractivity contribution in [3.8, 4) is 0 Å². The van der Waals surface area contributed by atoms with Crippen molar-refractivity contribution in [2.45, 2.75) is 25.8 Å². The van der Waals surface area contributed by atoms with Gasteiger partial charge in [0.1, 0.15) is 0 Å². The number of amides is 1. The van der Waals surface area contributed by atoms with Crippen LogP contribution < -0.4 is 5.32 Å². The standard InChI is InChI=1S/C24H24N2O2S/c1-17(27)18-7-9-20(10-8-18)25-23(28)12-15-26-14-11-22-21(13-16-29-22)24(26)19-5-3-2-4-6-19/h2-10,13,16,24H,11-12,14-15H2,1H3,(H,25,28). The zero-order valence-corrected chi connectivity index (χ0v) is 17.2. The van der Waals surface area contributed by atoms with Crippen LogP contribution in [0.5, 0.6) is 0 Å². The SMILES string of the molecule is CC(=O)c1ccc(NC(=O)CCN2CCc3sccc3C2c2ccccc2)cc1. The average Bonchev–Trinajstić information content (AvgIpc) is 3.21. The van der Waals surface area contributed by atoms with Gasteiger partial charge in [0, 0.05) is 35.6 Å². The highest BCUT2D eigenvalue weighted by atomic mass is 32.1. The summed E-state index contributed by atoms with van der Waals surface area (Å²) in [5.74, 6) is 0.0104. The molecule has 2 aromatic carbocycles. The number of nitrogens with one attached hydrogen (secondary N) is 1. The maximum atomic E-state index is 12.5. The van der Waals surface area contributed by atoms with Crippen LogP contribution in [0, 0.1) is 0 Å². The molecule has 4 rings (SSSR count). The Morgan fingerprint density at radius 2 is 1.83 bits per heavy atom. The van der Waals surface area contributed by atoms with Crippen molar-refractivity contribution in [2.24, 2.45) is 0 Å². The predicted molar refractivity (Wildman–Crippen MR) is 118 cm³/mol. The molecule has 4 nitrogen and oxygen atoms in total. The number of hydrogen-bond acceptors (Lipinski definition) is 4. The van der Waals surface area contributed by atoms with Crippen LogP contribution in [0.1, 0.15) is 45.7 Å². The summed E-state index contributed by atoms with van der Waals surface area (Å²) in [6.45, 7) is 3.19. The molecular weight excluding hydrogens is 380 g/mol. The van der Waals surface area contributed by atoms with Gasteiger partial charge >= 0.3 is 0 Å². The van der Waals surface area contributed by atoms with E-state index in [1.807, 2.05) is 17.4 Å². The molecule has 0 fully saturated rings. The van der Waals surface area contributed by atoms with E-state index in [0.29, 0.717) is 18.5 Å². The maximum absolute atomic E-state index is 12.5. The number of nitrogens with zero attached hydrogens (tertiary/aromatic N) is 1. The zero-order valence-electron chi connectivity index (χ0n) is 16.4. The third kappa shape index (κ3) is 4.47. The average molecular weight is 405 g/mol. The molecule has 1 aliphatic heterocycles. The van der Waals surface area contributed by atoms with Gasteiger partial charge in [0.25, 0.3) is 0 Å². The first-order chi connectivity index (χ1) is 14.1. The number of thiophene rings is 1. The summed E-state index contributed by atoms with van der Waals surface area (Å²) in [6, 6.07) is 20.0. The van der Waals surface area contributed by atoms with Gasteiger partial charge in [-0.2, -0.15) is 0 Å². The fourth-order valence-electron chi connectivity index (χ4n) is 3.89. The van der Waals surface area contributed by atoms with Crippen LogP contribution >= 0.6 is 11.3 Å². The number of fused-ring (bicyclic) bond motifs is 1. The van der Waals surface area contributed by atoms with Crippen LogP contribution in [0.15, 0.2) is 66.0 Å². The number of benzene rings is 2. The van der Waals surface area contributed by atoms with Crippen LogP contribution in [0.25, 0.3) is 0 Å². The number of hydrogen-bond donors (Lipinski definition) is 1. The van der Waals surface area contributed by atoms with E-state index in [-0.39, 0.29) is 17.7 Å². The van der Waals surface area contributed by atoms with Crippen molar-refractivity contribution in [2.75, 3.05) is 18.4 Å². The molecule has 0 saturated carbocycles. The van der Waals surface area contributed by atoms with Crippen molar-refractivity contribution >= 4 is 28.7 Å². The fraction of sp³-hybridized carbons (Fsp3) is 0.250. The second-order valence-corrected chi connectivity index (χ2v) is 8.33. The molecular formula is C24H24N2O2S. The Kier molecular flexibility index (Phi) is 5.88. The van der Waals surface area contributed by atoms with Crippen LogP contribution in [-0.4, -0.2) is 29.7 Å². The van der Waals surface area contributed by atoms with Gasteiger partial charge in [0.15, 0.2) is 5.78 Å². The zero-order chi connectivity index (χ0) is 20.2. The molecule has 5 heteroatoms. The van der Waals surface area contributed by atoms with E-state index in [4.69, 9.17) is 0 Å². The van der Waals surface area contributed by atoms with Crippen LogP contribution in [-0.2, 0) is 11.2 Å². The molecule has 0 aliphatic carbocycles. The minimum atomic E-state index is -0.0106. The van der Waals surface area contributed by atoms with Crippen molar-refractivity contribution < 1.29 is 9.59 Å². The highest BCUT2D eigenvalue weighted by molar-refractivity contribution is 7.10. The van der Waals surface area contributed by atoms with E-state index in [9.17, 15) is 9.59 Å². The Morgan fingerprint density at radius 3 is 2.55 bits per heavy atom. The number of anilines is 1. The lowest BCUT2D eigenvalue weighted by Crippen LogP contribution is -2.37. The molecule has 1 atom stereocenters. The van der Waals surface area contributed by atoms with Gasteiger partial charge in [0.05, 0.1) is 6.04 Å². The first kappa shape index (κ1) is 19.6. The summed E-state index contributed by atoms with van der Waals surface area (Å²) >= 11 is 1.83. The van der Waals surface area contributed by atoms with Gasteiger partial charge < -0.3 is 5.32 Å². The molecule has 0 radical (unpaired) electrons. The Labute approximate surface area is 175 Å². The number of ketones is 1. The van der Waals surface area contributed by atoms with Crippen LogP contribution in [0.4, 0.5) is 5.69 Å². The first-order valence-electron chi connectivity index (χ1n) is 9.88. The molecule has 1 N–H and O–H groups in total. The van der Waals surface area contributed by atoms with E-state index in [0.717, 1.165) is 18.7 Å². The van der Waals surface area contributed by atoms with Crippen molar-refractivity contribution in [3.05, 3.63) is 87.6 Å². The Bertz CT molecular complexity index is 995.